The largest absolute Gasteiger partial charge is 0.383 e. The van der Waals surface area contributed by atoms with E-state index in [-0.39, 0.29) is 30.2 Å². The van der Waals surface area contributed by atoms with Crippen molar-refractivity contribution in [1.29, 1.82) is 0 Å². The maximum absolute atomic E-state index is 12.5. The lowest BCUT2D eigenvalue weighted by molar-refractivity contribution is -0.141. The van der Waals surface area contributed by atoms with Crippen LogP contribution in [0, 0.1) is 5.92 Å². The first kappa shape index (κ1) is 17.0. The lowest BCUT2D eigenvalue weighted by Gasteiger charge is -2.38. The van der Waals surface area contributed by atoms with Gasteiger partial charge in [-0.2, -0.15) is 0 Å². The van der Waals surface area contributed by atoms with Crippen LogP contribution >= 0.6 is 0 Å². The number of fused-ring (bicyclic) bond motifs is 1. The molecule has 1 saturated carbocycles. The van der Waals surface area contributed by atoms with Gasteiger partial charge in [0, 0.05) is 38.9 Å². The van der Waals surface area contributed by atoms with Crippen LogP contribution in [0.15, 0.2) is 6.20 Å². The molecule has 24 heavy (non-hydrogen) atoms. The summed E-state index contributed by atoms with van der Waals surface area (Å²) in [4.78, 5) is 31.0. The van der Waals surface area contributed by atoms with Gasteiger partial charge in [-0.15, -0.1) is 0 Å². The highest BCUT2D eigenvalue weighted by Crippen LogP contribution is 2.33. The fourth-order valence-corrected chi connectivity index (χ4v) is 3.34. The normalized spacial score (nSPS) is 20.4. The van der Waals surface area contributed by atoms with E-state index in [4.69, 9.17) is 4.74 Å². The number of nitrogens with one attached hydrogen (secondary N) is 1. The van der Waals surface area contributed by atoms with Crippen LogP contribution in [-0.2, 0) is 27.3 Å². The number of amides is 2. The molecule has 1 fully saturated rings. The first-order valence-electron chi connectivity index (χ1n) is 8.72. The molecule has 132 valence electrons. The van der Waals surface area contributed by atoms with Crippen molar-refractivity contribution in [3.05, 3.63) is 17.7 Å². The second-order valence-electron chi connectivity index (χ2n) is 6.64. The topological polar surface area (TPSA) is 76.5 Å². The van der Waals surface area contributed by atoms with Crippen molar-refractivity contribution in [1.82, 2.24) is 19.8 Å². The van der Waals surface area contributed by atoms with E-state index in [0.29, 0.717) is 13.2 Å². The summed E-state index contributed by atoms with van der Waals surface area (Å²) in [5.41, 5.74) is 0.754. The van der Waals surface area contributed by atoms with Crippen molar-refractivity contribution in [3.8, 4) is 0 Å². The molecular weight excluding hydrogens is 308 g/mol. The number of aromatic nitrogens is 2. The van der Waals surface area contributed by atoms with Crippen LogP contribution in [0.4, 0.5) is 0 Å². The average Bonchev–Trinajstić information content (AvgIpc) is 2.89. The molecule has 0 radical (unpaired) electrons. The monoisotopic (exact) mass is 334 g/mol. The Morgan fingerprint density at radius 3 is 2.83 bits per heavy atom. The minimum absolute atomic E-state index is 0.0304. The Hall–Kier alpha value is -1.89. The second-order valence-corrected chi connectivity index (χ2v) is 6.64. The number of hydrogen-bond donors (Lipinski definition) is 1. The van der Waals surface area contributed by atoms with E-state index in [2.05, 4.69) is 14.9 Å². The van der Waals surface area contributed by atoms with Gasteiger partial charge in [-0.1, -0.05) is 6.42 Å². The lowest BCUT2D eigenvalue weighted by Crippen LogP contribution is -2.45. The van der Waals surface area contributed by atoms with Crippen LogP contribution in [-0.4, -0.2) is 53.1 Å². The van der Waals surface area contributed by atoms with Gasteiger partial charge in [0.1, 0.15) is 5.82 Å². The predicted molar refractivity (Wildman–Crippen MR) is 88.3 cm³/mol. The molecule has 1 N–H and O–H groups in total. The Morgan fingerprint density at radius 2 is 2.17 bits per heavy atom. The minimum Gasteiger partial charge on any atom is -0.383 e. The van der Waals surface area contributed by atoms with Crippen LogP contribution in [0.5, 0.6) is 0 Å². The standard InChI is InChI=1S/C17H26N4O3/c1-12-16-19-14(10-15(22)18-6-9-24-2)11-20(16)7-8-21(12)17(23)13-4-3-5-13/h11-13H,3-10H2,1-2H3,(H,18,22). The van der Waals surface area contributed by atoms with Crippen LogP contribution in [0.2, 0.25) is 0 Å². The molecular formula is C17H26N4O3. The van der Waals surface area contributed by atoms with Crippen LogP contribution in [0.3, 0.4) is 0 Å². The van der Waals surface area contributed by atoms with Crippen molar-refractivity contribution in [2.75, 3.05) is 26.8 Å². The maximum atomic E-state index is 12.5. The van der Waals surface area contributed by atoms with Gasteiger partial charge in [0.2, 0.25) is 11.8 Å². The number of carbonyl (C=O) groups is 2. The Bertz CT molecular complexity index is 609. The number of rotatable bonds is 6. The molecule has 1 aliphatic carbocycles. The summed E-state index contributed by atoms with van der Waals surface area (Å²) >= 11 is 0. The van der Waals surface area contributed by atoms with Gasteiger partial charge in [-0.05, 0) is 19.8 Å². The van der Waals surface area contributed by atoms with E-state index < -0.39 is 0 Å². The molecule has 1 unspecified atom stereocenters. The molecule has 1 atom stereocenters. The van der Waals surface area contributed by atoms with Gasteiger partial charge in [-0.25, -0.2) is 4.98 Å². The molecule has 2 aliphatic rings. The van der Waals surface area contributed by atoms with E-state index in [1.807, 2.05) is 18.0 Å². The number of carbonyl (C=O) groups excluding carboxylic acids is 2. The van der Waals surface area contributed by atoms with Crippen molar-refractivity contribution >= 4 is 11.8 Å². The SMILES string of the molecule is COCCNC(=O)Cc1cn2c(n1)C(C)N(C(=O)C1CCC1)CC2. The molecule has 7 nitrogen and oxygen atoms in total. The molecule has 2 heterocycles. The highest BCUT2D eigenvalue weighted by Gasteiger charge is 2.35. The Morgan fingerprint density at radius 1 is 1.38 bits per heavy atom. The smallest absolute Gasteiger partial charge is 0.226 e. The number of nitrogens with zero attached hydrogens (tertiary/aromatic N) is 3. The lowest BCUT2D eigenvalue weighted by atomic mass is 9.84. The van der Waals surface area contributed by atoms with E-state index in [0.717, 1.165) is 43.9 Å². The van der Waals surface area contributed by atoms with E-state index in [1.54, 1.807) is 7.11 Å². The fourth-order valence-electron chi connectivity index (χ4n) is 3.34. The first-order chi connectivity index (χ1) is 11.6. The quantitative estimate of drug-likeness (QED) is 0.784. The third-order valence-corrected chi connectivity index (χ3v) is 4.99. The Labute approximate surface area is 142 Å². The average molecular weight is 334 g/mol. The Kier molecular flexibility index (Phi) is 5.18. The summed E-state index contributed by atoms with van der Waals surface area (Å²) in [6.45, 7) is 4.50. The summed E-state index contributed by atoms with van der Waals surface area (Å²) in [5, 5.41) is 2.80. The van der Waals surface area contributed by atoms with Gasteiger partial charge in [0.05, 0.1) is 24.8 Å². The van der Waals surface area contributed by atoms with Gasteiger partial charge >= 0.3 is 0 Å². The fraction of sp³-hybridized carbons (Fsp3) is 0.706. The van der Waals surface area contributed by atoms with Crippen LogP contribution < -0.4 is 5.32 Å². The zero-order valence-electron chi connectivity index (χ0n) is 14.5. The molecule has 1 aromatic heterocycles. The highest BCUT2D eigenvalue weighted by molar-refractivity contribution is 5.80. The third kappa shape index (κ3) is 3.45. The molecule has 3 rings (SSSR count). The minimum atomic E-state index is -0.0578. The predicted octanol–water partition coefficient (Wildman–Crippen LogP) is 0.891. The summed E-state index contributed by atoms with van der Waals surface area (Å²) in [5.74, 6) is 1.30. The van der Waals surface area contributed by atoms with E-state index in [1.165, 1.54) is 0 Å². The highest BCUT2D eigenvalue weighted by atomic mass is 16.5. The molecule has 7 heteroatoms. The number of imidazole rings is 1. The molecule has 0 bridgehead atoms. The first-order valence-corrected chi connectivity index (χ1v) is 8.72. The van der Waals surface area contributed by atoms with E-state index >= 15 is 0 Å². The van der Waals surface area contributed by atoms with E-state index in [9.17, 15) is 9.59 Å². The molecule has 0 spiro atoms. The third-order valence-electron chi connectivity index (χ3n) is 4.99. The molecule has 1 aliphatic heterocycles. The number of ether oxygens (including phenoxy) is 1. The molecule has 0 aromatic carbocycles. The summed E-state index contributed by atoms with van der Waals surface area (Å²) in [6, 6.07) is -0.0304. The summed E-state index contributed by atoms with van der Waals surface area (Å²) < 4.78 is 6.99. The second kappa shape index (κ2) is 7.34. The van der Waals surface area contributed by atoms with Crippen LogP contribution in [0.25, 0.3) is 0 Å². The van der Waals surface area contributed by atoms with Crippen molar-refractivity contribution < 1.29 is 14.3 Å². The molecule has 1 aromatic rings. The van der Waals surface area contributed by atoms with Gasteiger partial charge in [0.15, 0.2) is 0 Å². The van der Waals surface area contributed by atoms with Crippen molar-refractivity contribution in [2.45, 2.75) is 45.2 Å². The zero-order chi connectivity index (χ0) is 17.1. The Balaban J connectivity index is 1.62. The number of methoxy groups -OCH3 is 1. The van der Waals surface area contributed by atoms with Crippen molar-refractivity contribution in [2.24, 2.45) is 5.92 Å². The van der Waals surface area contributed by atoms with Gasteiger partial charge < -0.3 is 19.5 Å². The summed E-state index contributed by atoms with van der Waals surface area (Å²) in [6.07, 6.45) is 5.39. The maximum Gasteiger partial charge on any atom is 0.226 e. The van der Waals surface area contributed by atoms with Gasteiger partial charge in [0.25, 0.3) is 0 Å². The van der Waals surface area contributed by atoms with Crippen LogP contribution in [0.1, 0.15) is 43.7 Å². The summed E-state index contributed by atoms with van der Waals surface area (Å²) in [7, 11) is 1.60. The number of hydrogen-bond acceptors (Lipinski definition) is 4. The molecule has 2 amide bonds. The molecule has 0 saturated heterocycles. The van der Waals surface area contributed by atoms with Crippen molar-refractivity contribution in [3.63, 3.8) is 0 Å². The zero-order valence-corrected chi connectivity index (χ0v) is 14.5. The van der Waals surface area contributed by atoms with Gasteiger partial charge in [-0.3, -0.25) is 9.59 Å².